The molecular formula is C14H17N5O2. The number of para-hydroxylation sites is 1. The van der Waals surface area contributed by atoms with Gasteiger partial charge in [-0.25, -0.2) is 4.98 Å². The highest BCUT2D eigenvalue weighted by Gasteiger charge is 2.26. The SMILES string of the molecule is CCN(c1ccccc1C)c1nc(N)nc(C)c1[N+](=O)[O-]. The van der Waals surface area contributed by atoms with Crippen molar-refractivity contribution in [2.75, 3.05) is 17.2 Å². The summed E-state index contributed by atoms with van der Waals surface area (Å²) < 4.78 is 0. The van der Waals surface area contributed by atoms with Crippen LogP contribution in [0.4, 0.5) is 23.1 Å². The summed E-state index contributed by atoms with van der Waals surface area (Å²) in [6, 6.07) is 7.65. The smallest absolute Gasteiger partial charge is 0.333 e. The molecule has 2 aromatic rings. The van der Waals surface area contributed by atoms with Gasteiger partial charge >= 0.3 is 5.69 Å². The minimum atomic E-state index is -0.467. The standard InChI is InChI=1S/C14H17N5O2/c1-4-18(11-8-6-5-7-9(11)2)13-12(19(20)21)10(3)16-14(15)17-13/h5-8H,4H2,1-3H3,(H2,15,16,17). The third-order valence-corrected chi connectivity index (χ3v) is 3.22. The number of nitrogens with zero attached hydrogens (tertiary/aromatic N) is 4. The van der Waals surface area contributed by atoms with E-state index in [0.717, 1.165) is 11.3 Å². The first-order valence-electron chi connectivity index (χ1n) is 6.57. The van der Waals surface area contributed by atoms with Gasteiger partial charge in [0.05, 0.1) is 4.92 Å². The fourth-order valence-corrected chi connectivity index (χ4v) is 2.28. The Morgan fingerprint density at radius 3 is 2.52 bits per heavy atom. The average molecular weight is 287 g/mol. The number of rotatable bonds is 4. The number of aryl methyl sites for hydroxylation is 2. The minimum absolute atomic E-state index is 0.0279. The van der Waals surface area contributed by atoms with Crippen LogP contribution in [0.15, 0.2) is 24.3 Å². The van der Waals surface area contributed by atoms with Crippen LogP contribution in [0.2, 0.25) is 0 Å². The van der Waals surface area contributed by atoms with Crippen LogP contribution in [0.3, 0.4) is 0 Å². The molecule has 0 aliphatic carbocycles. The molecule has 1 heterocycles. The largest absolute Gasteiger partial charge is 0.368 e. The van der Waals surface area contributed by atoms with E-state index in [1.54, 1.807) is 11.8 Å². The maximum Gasteiger partial charge on any atom is 0.333 e. The van der Waals surface area contributed by atoms with E-state index >= 15 is 0 Å². The second-order valence-corrected chi connectivity index (χ2v) is 4.63. The Kier molecular flexibility index (Phi) is 4.02. The van der Waals surface area contributed by atoms with Crippen LogP contribution in [-0.4, -0.2) is 21.4 Å². The van der Waals surface area contributed by atoms with Crippen LogP contribution in [0.5, 0.6) is 0 Å². The Bertz CT molecular complexity index is 687. The van der Waals surface area contributed by atoms with Gasteiger partial charge < -0.3 is 10.6 Å². The second-order valence-electron chi connectivity index (χ2n) is 4.63. The fourth-order valence-electron chi connectivity index (χ4n) is 2.28. The molecule has 0 aliphatic heterocycles. The Hall–Kier alpha value is -2.70. The maximum absolute atomic E-state index is 11.3. The number of hydrogen-bond acceptors (Lipinski definition) is 6. The predicted molar refractivity (Wildman–Crippen MR) is 81.7 cm³/mol. The van der Waals surface area contributed by atoms with Gasteiger partial charge in [0.25, 0.3) is 0 Å². The van der Waals surface area contributed by atoms with Gasteiger partial charge in [-0.1, -0.05) is 18.2 Å². The monoisotopic (exact) mass is 287 g/mol. The van der Waals surface area contributed by atoms with Crippen molar-refractivity contribution in [3.8, 4) is 0 Å². The second kappa shape index (κ2) is 5.74. The van der Waals surface area contributed by atoms with Crippen molar-refractivity contribution in [3.63, 3.8) is 0 Å². The molecule has 0 fully saturated rings. The average Bonchev–Trinajstić information content (AvgIpc) is 2.40. The van der Waals surface area contributed by atoms with Crippen LogP contribution in [0.1, 0.15) is 18.2 Å². The van der Waals surface area contributed by atoms with E-state index in [0.29, 0.717) is 6.54 Å². The van der Waals surface area contributed by atoms with Crippen molar-refractivity contribution in [2.45, 2.75) is 20.8 Å². The molecule has 0 spiro atoms. The number of nitro groups is 1. The highest BCUT2D eigenvalue weighted by molar-refractivity contribution is 5.72. The van der Waals surface area contributed by atoms with Crippen LogP contribution in [0.25, 0.3) is 0 Å². The first-order chi connectivity index (χ1) is 9.95. The Morgan fingerprint density at radius 1 is 1.29 bits per heavy atom. The number of nitrogens with two attached hydrogens (primary N) is 1. The number of anilines is 3. The zero-order chi connectivity index (χ0) is 15.6. The quantitative estimate of drug-likeness (QED) is 0.685. The van der Waals surface area contributed by atoms with E-state index < -0.39 is 4.92 Å². The van der Waals surface area contributed by atoms with Crippen molar-refractivity contribution in [3.05, 3.63) is 45.6 Å². The topological polar surface area (TPSA) is 98.2 Å². The molecule has 1 aromatic carbocycles. The van der Waals surface area contributed by atoms with E-state index in [1.807, 2.05) is 38.1 Å². The third kappa shape index (κ3) is 2.76. The summed E-state index contributed by atoms with van der Waals surface area (Å²) in [5, 5.41) is 11.3. The summed E-state index contributed by atoms with van der Waals surface area (Å²) in [5.74, 6) is 0.252. The molecule has 0 amide bonds. The highest BCUT2D eigenvalue weighted by atomic mass is 16.6. The first kappa shape index (κ1) is 14.7. The number of aromatic nitrogens is 2. The molecular weight excluding hydrogens is 270 g/mol. The van der Waals surface area contributed by atoms with Gasteiger partial charge in [-0.3, -0.25) is 10.1 Å². The van der Waals surface area contributed by atoms with Crippen molar-refractivity contribution in [2.24, 2.45) is 0 Å². The Balaban J connectivity index is 2.68. The van der Waals surface area contributed by atoms with Crippen molar-refractivity contribution < 1.29 is 4.92 Å². The van der Waals surface area contributed by atoms with E-state index in [4.69, 9.17) is 5.73 Å². The Morgan fingerprint density at radius 2 is 1.95 bits per heavy atom. The molecule has 110 valence electrons. The molecule has 2 N–H and O–H groups in total. The van der Waals surface area contributed by atoms with Gasteiger partial charge in [-0.2, -0.15) is 4.98 Å². The van der Waals surface area contributed by atoms with Crippen molar-refractivity contribution in [1.82, 2.24) is 9.97 Å². The minimum Gasteiger partial charge on any atom is -0.368 e. The van der Waals surface area contributed by atoms with Gasteiger partial charge in [0.2, 0.25) is 11.8 Å². The van der Waals surface area contributed by atoms with Gasteiger partial charge in [-0.05, 0) is 32.4 Å². The third-order valence-electron chi connectivity index (χ3n) is 3.22. The first-order valence-corrected chi connectivity index (χ1v) is 6.57. The van der Waals surface area contributed by atoms with Crippen molar-refractivity contribution in [1.29, 1.82) is 0 Å². The van der Waals surface area contributed by atoms with Crippen LogP contribution < -0.4 is 10.6 Å². The molecule has 7 heteroatoms. The number of hydrogen-bond donors (Lipinski definition) is 1. The zero-order valence-corrected chi connectivity index (χ0v) is 12.2. The van der Waals surface area contributed by atoms with E-state index in [1.165, 1.54) is 0 Å². The maximum atomic E-state index is 11.3. The lowest BCUT2D eigenvalue weighted by molar-refractivity contribution is -0.385. The molecule has 0 unspecified atom stereocenters. The van der Waals surface area contributed by atoms with E-state index in [-0.39, 0.29) is 23.1 Å². The molecule has 0 saturated carbocycles. The number of benzene rings is 1. The number of nitrogen functional groups attached to an aromatic ring is 1. The molecule has 7 nitrogen and oxygen atoms in total. The lowest BCUT2D eigenvalue weighted by Crippen LogP contribution is -2.21. The van der Waals surface area contributed by atoms with E-state index in [9.17, 15) is 10.1 Å². The lowest BCUT2D eigenvalue weighted by atomic mass is 10.1. The van der Waals surface area contributed by atoms with Gasteiger partial charge in [-0.15, -0.1) is 0 Å². The van der Waals surface area contributed by atoms with Gasteiger partial charge in [0.15, 0.2) is 0 Å². The normalized spacial score (nSPS) is 10.4. The van der Waals surface area contributed by atoms with Gasteiger partial charge in [0.1, 0.15) is 5.69 Å². The molecule has 0 aliphatic rings. The lowest BCUT2D eigenvalue weighted by Gasteiger charge is -2.24. The fraction of sp³-hybridized carbons (Fsp3) is 0.286. The molecule has 0 bridgehead atoms. The molecule has 0 atom stereocenters. The summed E-state index contributed by atoms with van der Waals surface area (Å²) >= 11 is 0. The predicted octanol–water partition coefficient (Wildman–Crippen LogP) is 2.74. The molecule has 1 aromatic heterocycles. The molecule has 2 rings (SSSR count). The molecule has 21 heavy (non-hydrogen) atoms. The Labute approximate surface area is 122 Å². The van der Waals surface area contributed by atoms with E-state index in [2.05, 4.69) is 9.97 Å². The highest BCUT2D eigenvalue weighted by Crippen LogP contribution is 2.35. The summed E-state index contributed by atoms with van der Waals surface area (Å²) in [5.41, 5.74) is 7.67. The van der Waals surface area contributed by atoms with Gasteiger partial charge in [0, 0.05) is 12.2 Å². The van der Waals surface area contributed by atoms with Crippen LogP contribution in [-0.2, 0) is 0 Å². The molecule has 0 saturated heterocycles. The summed E-state index contributed by atoms with van der Waals surface area (Å²) in [6.07, 6.45) is 0. The molecule has 0 radical (unpaired) electrons. The van der Waals surface area contributed by atoms with Crippen LogP contribution >= 0.6 is 0 Å². The summed E-state index contributed by atoms with van der Waals surface area (Å²) in [4.78, 5) is 20.6. The summed E-state index contributed by atoms with van der Waals surface area (Å²) in [7, 11) is 0. The zero-order valence-electron chi connectivity index (χ0n) is 12.2. The van der Waals surface area contributed by atoms with Crippen molar-refractivity contribution >= 4 is 23.1 Å². The van der Waals surface area contributed by atoms with Crippen LogP contribution in [0, 0.1) is 24.0 Å². The summed E-state index contributed by atoms with van der Waals surface area (Å²) in [6.45, 7) is 5.94.